The molecule has 1 N–H and O–H groups in total. The summed E-state index contributed by atoms with van der Waals surface area (Å²) in [7, 11) is 1.53. The molecule has 0 spiro atoms. The van der Waals surface area contributed by atoms with Gasteiger partial charge in [-0.15, -0.1) is 0 Å². The van der Waals surface area contributed by atoms with Gasteiger partial charge >= 0.3 is 0 Å². The lowest BCUT2D eigenvalue weighted by Gasteiger charge is -2.27. The molecule has 6 heteroatoms. The number of aliphatic hydroxyl groups excluding tert-OH is 1. The third-order valence-corrected chi connectivity index (χ3v) is 6.69. The third kappa shape index (κ3) is 4.15. The number of carbonyl (C=O) groups is 2. The van der Waals surface area contributed by atoms with Crippen LogP contribution in [0.2, 0.25) is 0 Å². The average molecular weight is 482 g/mol. The molecule has 182 valence electrons. The Labute approximate surface area is 209 Å². The van der Waals surface area contributed by atoms with E-state index in [1.807, 2.05) is 66.7 Å². The Kier molecular flexibility index (Phi) is 6.34. The minimum atomic E-state index is -0.727. The van der Waals surface area contributed by atoms with Gasteiger partial charge in [0.1, 0.15) is 0 Å². The summed E-state index contributed by atoms with van der Waals surface area (Å²) < 4.78 is 11.2. The van der Waals surface area contributed by atoms with Crippen LogP contribution >= 0.6 is 0 Å². The second-order valence-corrected chi connectivity index (χ2v) is 8.81. The molecule has 1 aliphatic rings. The molecule has 0 bridgehead atoms. The summed E-state index contributed by atoms with van der Waals surface area (Å²) in [6, 6.07) is 23.9. The number of ketones is 1. The van der Waals surface area contributed by atoms with Crippen LogP contribution < -0.4 is 4.74 Å². The van der Waals surface area contributed by atoms with E-state index in [9.17, 15) is 14.7 Å². The molecule has 0 radical (unpaired) electrons. The van der Waals surface area contributed by atoms with Crippen LogP contribution in [0.15, 0.2) is 94.6 Å². The van der Waals surface area contributed by atoms with E-state index < -0.39 is 23.5 Å². The molecule has 1 aromatic heterocycles. The first-order chi connectivity index (χ1) is 17.5. The van der Waals surface area contributed by atoms with Crippen LogP contribution in [-0.4, -0.2) is 35.4 Å². The number of ether oxygens (including phenoxy) is 1. The van der Waals surface area contributed by atoms with E-state index in [2.05, 4.69) is 6.92 Å². The molecule has 0 aliphatic carbocycles. The van der Waals surface area contributed by atoms with Gasteiger partial charge in [0.2, 0.25) is 5.78 Å². The first-order valence-electron chi connectivity index (χ1n) is 12.0. The minimum absolute atomic E-state index is 0.0235. The maximum atomic E-state index is 13.8. The molecule has 1 aliphatic heterocycles. The minimum Gasteiger partial charge on any atom is -0.503 e. The number of furan rings is 1. The molecule has 1 amide bonds. The number of methoxy groups -OCH3 is 1. The van der Waals surface area contributed by atoms with Crippen LogP contribution in [-0.2, 0) is 17.6 Å². The monoisotopic (exact) mass is 481 g/mol. The standard InChI is InChI=1S/C30H27NO5/c1-3-19-12-14-21(15-13-19)26-25(27(32)24-18-22-10-7-11-23(35-2)29(22)36-24)28(33)30(34)31(26)17-16-20-8-5-4-6-9-20/h4-15,18,26,33H,3,16-17H2,1-2H3. The lowest BCUT2D eigenvalue weighted by molar-refractivity contribution is -0.129. The number of aliphatic hydroxyl groups is 1. The lowest BCUT2D eigenvalue weighted by atomic mass is 9.94. The normalized spacial score (nSPS) is 15.7. The molecule has 6 nitrogen and oxygen atoms in total. The number of hydrogen-bond donors (Lipinski definition) is 1. The zero-order chi connectivity index (χ0) is 25.2. The molecule has 0 fully saturated rings. The van der Waals surface area contributed by atoms with E-state index in [-0.39, 0.29) is 11.3 Å². The van der Waals surface area contributed by atoms with Crippen LogP contribution in [0.1, 0.15) is 40.2 Å². The number of rotatable bonds is 8. The van der Waals surface area contributed by atoms with Crippen molar-refractivity contribution in [2.45, 2.75) is 25.8 Å². The quantitative estimate of drug-likeness (QED) is 0.321. The summed E-state index contributed by atoms with van der Waals surface area (Å²) in [4.78, 5) is 28.6. The molecule has 0 saturated carbocycles. The number of carbonyl (C=O) groups excluding carboxylic acids is 2. The van der Waals surface area contributed by atoms with Crippen molar-refractivity contribution < 1.29 is 23.8 Å². The number of hydrogen-bond acceptors (Lipinski definition) is 5. The SMILES string of the molecule is CCc1ccc(C2C(C(=O)c3cc4cccc(OC)c4o3)=C(O)C(=O)N2CCc2ccccc2)cc1. The summed E-state index contributed by atoms with van der Waals surface area (Å²) in [5.74, 6) is -1.07. The summed E-state index contributed by atoms with van der Waals surface area (Å²) in [6.45, 7) is 2.41. The van der Waals surface area contributed by atoms with E-state index in [1.165, 1.54) is 7.11 Å². The van der Waals surface area contributed by atoms with Crippen molar-refractivity contribution in [2.24, 2.45) is 0 Å². The lowest BCUT2D eigenvalue weighted by Crippen LogP contribution is -2.33. The summed E-state index contributed by atoms with van der Waals surface area (Å²) in [6.07, 6.45) is 1.46. The Morgan fingerprint density at radius 3 is 2.44 bits per heavy atom. The number of para-hydroxylation sites is 1. The first-order valence-corrected chi connectivity index (χ1v) is 12.0. The molecule has 1 unspecified atom stereocenters. The van der Waals surface area contributed by atoms with Crippen LogP contribution in [0, 0.1) is 0 Å². The topological polar surface area (TPSA) is 80.0 Å². The van der Waals surface area contributed by atoms with Crippen LogP contribution in [0.25, 0.3) is 11.0 Å². The van der Waals surface area contributed by atoms with Gasteiger partial charge < -0.3 is 19.2 Å². The van der Waals surface area contributed by atoms with E-state index in [1.54, 1.807) is 17.0 Å². The number of amides is 1. The van der Waals surface area contributed by atoms with Crippen LogP contribution in [0.3, 0.4) is 0 Å². The Hall–Kier alpha value is -4.32. The number of Topliss-reactive ketones (excluding diaryl/α,β-unsaturated/α-hetero) is 1. The number of aryl methyl sites for hydroxylation is 1. The third-order valence-electron chi connectivity index (χ3n) is 6.69. The Morgan fingerprint density at radius 2 is 1.75 bits per heavy atom. The maximum Gasteiger partial charge on any atom is 0.290 e. The van der Waals surface area contributed by atoms with Crippen molar-refractivity contribution in [3.8, 4) is 5.75 Å². The Balaban J connectivity index is 1.55. The molecule has 4 aromatic rings. The number of benzene rings is 3. The van der Waals surface area contributed by atoms with Gasteiger partial charge in [-0.3, -0.25) is 9.59 Å². The zero-order valence-electron chi connectivity index (χ0n) is 20.2. The maximum absolute atomic E-state index is 13.8. The molecule has 3 aromatic carbocycles. The van der Waals surface area contributed by atoms with Crippen molar-refractivity contribution in [1.29, 1.82) is 0 Å². The van der Waals surface area contributed by atoms with Gasteiger partial charge in [0.25, 0.3) is 5.91 Å². The predicted molar refractivity (Wildman–Crippen MR) is 137 cm³/mol. The number of nitrogens with zero attached hydrogens (tertiary/aromatic N) is 1. The zero-order valence-corrected chi connectivity index (χ0v) is 20.2. The molecular formula is C30H27NO5. The Morgan fingerprint density at radius 1 is 1.00 bits per heavy atom. The molecule has 2 heterocycles. The van der Waals surface area contributed by atoms with Crippen molar-refractivity contribution >= 4 is 22.7 Å². The van der Waals surface area contributed by atoms with Crippen LogP contribution in [0.4, 0.5) is 0 Å². The number of fused-ring (bicyclic) bond motifs is 1. The van der Waals surface area contributed by atoms with E-state index in [0.717, 1.165) is 23.1 Å². The van der Waals surface area contributed by atoms with Gasteiger partial charge in [0, 0.05) is 11.9 Å². The highest BCUT2D eigenvalue weighted by molar-refractivity contribution is 6.16. The van der Waals surface area contributed by atoms with Crippen molar-refractivity contribution in [3.05, 3.63) is 113 Å². The second-order valence-electron chi connectivity index (χ2n) is 8.81. The molecule has 1 atom stereocenters. The van der Waals surface area contributed by atoms with Gasteiger partial charge in [-0.2, -0.15) is 0 Å². The van der Waals surface area contributed by atoms with Crippen molar-refractivity contribution in [2.75, 3.05) is 13.7 Å². The van der Waals surface area contributed by atoms with Gasteiger partial charge in [0.05, 0.1) is 18.7 Å². The van der Waals surface area contributed by atoms with Gasteiger partial charge in [-0.25, -0.2) is 0 Å². The van der Waals surface area contributed by atoms with Crippen molar-refractivity contribution in [1.82, 2.24) is 4.90 Å². The molecule has 36 heavy (non-hydrogen) atoms. The summed E-state index contributed by atoms with van der Waals surface area (Å²) in [5, 5.41) is 11.7. The van der Waals surface area contributed by atoms with E-state index >= 15 is 0 Å². The summed E-state index contributed by atoms with van der Waals surface area (Å²) in [5.41, 5.74) is 3.43. The fourth-order valence-corrected chi connectivity index (χ4v) is 4.73. The Bertz CT molecular complexity index is 1450. The fraction of sp³-hybridized carbons (Fsp3) is 0.200. The van der Waals surface area contributed by atoms with Crippen molar-refractivity contribution in [3.63, 3.8) is 0 Å². The average Bonchev–Trinajstić information content (AvgIpc) is 3.47. The van der Waals surface area contributed by atoms with E-state index in [0.29, 0.717) is 29.7 Å². The highest BCUT2D eigenvalue weighted by Gasteiger charge is 2.44. The second kappa shape index (κ2) is 9.74. The van der Waals surface area contributed by atoms with Gasteiger partial charge in [-0.1, -0.05) is 73.7 Å². The highest BCUT2D eigenvalue weighted by Crippen LogP contribution is 2.40. The highest BCUT2D eigenvalue weighted by atomic mass is 16.5. The molecular weight excluding hydrogens is 454 g/mol. The first kappa shape index (κ1) is 23.4. The fourth-order valence-electron chi connectivity index (χ4n) is 4.73. The molecule has 5 rings (SSSR count). The van der Waals surface area contributed by atoms with Gasteiger partial charge in [0.15, 0.2) is 22.9 Å². The van der Waals surface area contributed by atoms with E-state index in [4.69, 9.17) is 9.15 Å². The molecule has 0 saturated heterocycles. The smallest absolute Gasteiger partial charge is 0.290 e. The summed E-state index contributed by atoms with van der Waals surface area (Å²) >= 11 is 0. The van der Waals surface area contributed by atoms with Crippen LogP contribution in [0.5, 0.6) is 5.75 Å². The van der Waals surface area contributed by atoms with Gasteiger partial charge in [-0.05, 0) is 41.7 Å². The largest absolute Gasteiger partial charge is 0.503 e. The predicted octanol–water partition coefficient (Wildman–Crippen LogP) is 5.82.